The van der Waals surface area contributed by atoms with Crippen LogP contribution in [0.1, 0.15) is 12.5 Å². The first-order chi connectivity index (χ1) is 10.5. The fourth-order valence-corrected chi connectivity index (χ4v) is 2.39. The Morgan fingerprint density at radius 3 is 2.36 bits per heavy atom. The second-order valence-electron chi connectivity index (χ2n) is 4.93. The van der Waals surface area contributed by atoms with Gasteiger partial charge in [0.2, 0.25) is 0 Å². The maximum Gasteiger partial charge on any atom is 0.416 e. The third-order valence-electron chi connectivity index (χ3n) is 3.55. The lowest BCUT2D eigenvalue weighted by Gasteiger charge is -2.22. The van der Waals surface area contributed by atoms with Gasteiger partial charge in [-0.1, -0.05) is 0 Å². The molecule has 0 atom stereocenters. The first-order valence-corrected chi connectivity index (χ1v) is 6.89. The molecule has 22 heavy (non-hydrogen) atoms. The van der Waals surface area contributed by atoms with Crippen molar-refractivity contribution >= 4 is 11.5 Å². The number of aromatic nitrogens is 2. The van der Waals surface area contributed by atoms with Crippen LogP contribution < -0.4 is 9.80 Å². The molecule has 7 heteroatoms. The minimum atomic E-state index is -4.31. The maximum atomic E-state index is 12.6. The number of nitrogens with zero attached hydrogens (tertiary/aromatic N) is 4. The van der Waals surface area contributed by atoms with Crippen molar-refractivity contribution in [3.8, 4) is 0 Å². The van der Waals surface area contributed by atoms with Crippen LogP contribution >= 0.6 is 0 Å². The number of halogens is 3. The average molecular weight is 308 g/mol. The Morgan fingerprint density at radius 2 is 1.73 bits per heavy atom. The number of anilines is 2. The Balaban J connectivity index is 1.75. The van der Waals surface area contributed by atoms with E-state index in [0.29, 0.717) is 12.4 Å². The number of hydrogen-bond donors (Lipinski definition) is 0. The molecule has 0 bridgehead atoms. The van der Waals surface area contributed by atoms with E-state index in [2.05, 4.69) is 5.10 Å². The molecule has 2 aromatic rings. The topological polar surface area (TPSA) is 24.3 Å². The van der Waals surface area contributed by atoms with Gasteiger partial charge in [-0.3, -0.25) is 0 Å². The average Bonchev–Trinajstić information content (AvgIpc) is 3.15. The van der Waals surface area contributed by atoms with Gasteiger partial charge < -0.3 is 9.80 Å². The summed E-state index contributed by atoms with van der Waals surface area (Å²) in [5, 5.41) is 4.21. The molecule has 1 aromatic heterocycles. The molecule has 0 aliphatic carbocycles. The Hall–Kier alpha value is -2.44. The Kier molecular flexibility index (Phi) is 3.56. The summed E-state index contributed by atoms with van der Waals surface area (Å²) in [5.41, 5.74) is 0.0784. The van der Waals surface area contributed by atoms with Crippen LogP contribution in [0, 0.1) is 0 Å². The highest BCUT2D eigenvalue weighted by Crippen LogP contribution is 2.31. The smallest absolute Gasteiger partial charge is 0.328 e. The van der Waals surface area contributed by atoms with Gasteiger partial charge in [0, 0.05) is 30.7 Å². The lowest BCUT2D eigenvalue weighted by molar-refractivity contribution is -0.137. The highest BCUT2D eigenvalue weighted by atomic mass is 19.4. The molecule has 2 heterocycles. The summed E-state index contributed by atoms with van der Waals surface area (Å²) in [6.07, 6.45) is 1.16. The number of benzene rings is 1. The minimum Gasteiger partial charge on any atom is -0.328 e. The first kappa shape index (κ1) is 14.5. The van der Waals surface area contributed by atoms with Gasteiger partial charge in [0.05, 0.1) is 11.8 Å². The van der Waals surface area contributed by atoms with Gasteiger partial charge in [0.1, 0.15) is 12.5 Å². The molecule has 0 saturated carbocycles. The third-order valence-corrected chi connectivity index (χ3v) is 3.55. The Bertz CT molecular complexity index is 673. The van der Waals surface area contributed by atoms with Crippen molar-refractivity contribution in [1.82, 2.24) is 9.78 Å². The van der Waals surface area contributed by atoms with Gasteiger partial charge in [-0.25, -0.2) is 4.68 Å². The van der Waals surface area contributed by atoms with Gasteiger partial charge >= 0.3 is 6.18 Å². The zero-order chi connectivity index (χ0) is 15.7. The van der Waals surface area contributed by atoms with Crippen LogP contribution in [-0.2, 0) is 12.7 Å². The highest BCUT2D eigenvalue weighted by Gasteiger charge is 2.30. The molecule has 3 rings (SSSR count). The summed E-state index contributed by atoms with van der Waals surface area (Å²) in [6, 6.07) is 7.07. The molecule has 0 amide bonds. The zero-order valence-corrected chi connectivity index (χ0v) is 12.0. The van der Waals surface area contributed by atoms with Crippen molar-refractivity contribution in [2.75, 3.05) is 16.5 Å². The molecule has 0 unspecified atom stereocenters. The molecule has 1 aromatic carbocycles. The predicted octanol–water partition coefficient (Wildman–Crippen LogP) is 3.68. The van der Waals surface area contributed by atoms with Crippen molar-refractivity contribution in [1.29, 1.82) is 0 Å². The molecule has 0 radical (unpaired) electrons. The van der Waals surface area contributed by atoms with Crippen molar-refractivity contribution in [3.63, 3.8) is 0 Å². The summed E-state index contributed by atoms with van der Waals surface area (Å²) in [6.45, 7) is 3.30. The first-order valence-electron chi connectivity index (χ1n) is 6.89. The standard InChI is InChI=1S/C15H15F3N4/c1-2-22-14(7-8-19-22)21-10-9-20(11-21)13-5-3-12(4-6-13)15(16,17)18/h3-10H,2,11H2,1H3. The lowest BCUT2D eigenvalue weighted by atomic mass is 10.2. The second kappa shape index (κ2) is 5.40. The number of rotatable bonds is 3. The summed E-state index contributed by atoms with van der Waals surface area (Å²) in [5.74, 6) is 0.952. The normalized spacial score (nSPS) is 14.9. The van der Waals surface area contributed by atoms with Gasteiger partial charge in [0.25, 0.3) is 0 Å². The van der Waals surface area contributed by atoms with E-state index < -0.39 is 11.7 Å². The maximum absolute atomic E-state index is 12.6. The zero-order valence-electron chi connectivity index (χ0n) is 12.0. The van der Waals surface area contributed by atoms with E-state index in [4.69, 9.17) is 0 Å². The van der Waals surface area contributed by atoms with Gasteiger partial charge in [-0.05, 0) is 31.2 Å². The van der Waals surface area contributed by atoms with E-state index in [-0.39, 0.29) is 0 Å². The predicted molar refractivity (Wildman–Crippen MR) is 78.3 cm³/mol. The van der Waals surface area contributed by atoms with E-state index >= 15 is 0 Å². The molecular weight excluding hydrogens is 293 g/mol. The largest absolute Gasteiger partial charge is 0.416 e. The van der Waals surface area contributed by atoms with Crippen molar-refractivity contribution in [3.05, 3.63) is 54.5 Å². The van der Waals surface area contributed by atoms with E-state index in [9.17, 15) is 13.2 Å². The van der Waals surface area contributed by atoms with Crippen LogP contribution in [0.15, 0.2) is 48.9 Å². The van der Waals surface area contributed by atoms with Crippen molar-refractivity contribution in [2.24, 2.45) is 0 Å². The third kappa shape index (κ3) is 2.66. The van der Waals surface area contributed by atoms with Crippen LogP contribution in [-0.4, -0.2) is 16.4 Å². The quantitative estimate of drug-likeness (QED) is 0.864. The Labute approximate surface area is 126 Å². The van der Waals surface area contributed by atoms with Crippen LogP contribution in [0.4, 0.5) is 24.7 Å². The molecule has 1 aliphatic heterocycles. The van der Waals surface area contributed by atoms with Crippen LogP contribution in [0.5, 0.6) is 0 Å². The molecule has 0 fully saturated rings. The van der Waals surface area contributed by atoms with E-state index in [1.54, 1.807) is 6.20 Å². The van der Waals surface area contributed by atoms with Crippen LogP contribution in [0.3, 0.4) is 0 Å². The van der Waals surface area contributed by atoms with E-state index in [0.717, 1.165) is 24.5 Å². The number of aryl methyl sites for hydroxylation is 1. The SMILES string of the molecule is CCn1nccc1N1C=CN(c2ccc(C(F)(F)F)cc2)C1. The fourth-order valence-electron chi connectivity index (χ4n) is 2.39. The molecule has 0 N–H and O–H groups in total. The van der Waals surface area contributed by atoms with Crippen LogP contribution in [0.25, 0.3) is 0 Å². The molecule has 0 spiro atoms. The summed E-state index contributed by atoms with van der Waals surface area (Å²) in [7, 11) is 0. The highest BCUT2D eigenvalue weighted by molar-refractivity contribution is 5.57. The van der Waals surface area contributed by atoms with E-state index in [1.807, 2.05) is 39.9 Å². The Morgan fingerprint density at radius 1 is 1.05 bits per heavy atom. The fraction of sp³-hybridized carbons (Fsp3) is 0.267. The second-order valence-corrected chi connectivity index (χ2v) is 4.93. The van der Waals surface area contributed by atoms with Gasteiger partial charge in [0.15, 0.2) is 0 Å². The summed E-state index contributed by atoms with van der Waals surface area (Å²) >= 11 is 0. The molecule has 0 saturated heterocycles. The number of hydrogen-bond acceptors (Lipinski definition) is 3. The van der Waals surface area contributed by atoms with Crippen molar-refractivity contribution < 1.29 is 13.2 Å². The number of alkyl halides is 3. The monoisotopic (exact) mass is 308 g/mol. The molecular formula is C15H15F3N4. The summed E-state index contributed by atoms with van der Waals surface area (Å²) < 4.78 is 39.6. The molecule has 1 aliphatic rings. The minimum absolute atomic E-state index is 0.539. The van der Waals surface area contributed by atoms with E-state index in [1.165, 1.54) is 12.1 Å². The molecule has 4 nitrogen and oxygen atoms in total. The summed E-state index contributed by atoms with van der Waals surface area (Å²) in [4.78, 5) is 3.88. The lowest BCUT2D eigenvalue weighted by Crippen LogP contribution is -2.26. The van der Waals surface area contributed by atoms with Gasteiger partial charge in [-0.15, -0.1) is 0 Å². The van der Waals surface area contributed by atoms with Crippen LogP contribution in [0.2, 0.25) is 0 Å². The van der Waals surface area contributed by atoms with Gasteiger partial charge in [-0.2, -0.15) is 18.3 Å². The van der Waals surface area contributed by atoms with Crippen molar-refractivity contribution in [2.45, 2.75) is 19.6 Å². The molecule has 116 valence electrons.